The van der Waals surface area contributed by atoms with Gasteiger partial charge in [0.15, 0.2) is 0 Å². The average Bonchev–Trinajstić information content (AvgIpc) is 2.85. The largest absolute Gasteiger partial charge is 0.367 e. The molecule has 1 aliphatic rings. The number of carbonyl (C=O) groups is 2. The lowest BCUT2D eigenvalue weighted by Gasteiger charge is -2.34. The van der Waals surface area contributed by atoms with Gasteiger partial charge in [0.2, 0.25) is 0 Å². The van der Waals surface area contributed by atoms with Crippen LogP contribution in [-0.2, 0) is 4.79 Å². The van der Waals surface area contributed by atoms with E-state index in [1.807, 2.05) is 55.5 Å². The van der Waals surface area contributed by atoms with Crippen molar-refractivity contribution in [3.05, 3.63) is 90.0 Å². The zero-order valence-electron chi connectivity index (χ0n) is 18.3. The third kappa shape index (κ3) is 4.81. The summed E-state index contributed by atoms with van der Waals surface area (Å²) in [5.41, 5.74) is 4.17. The van der Waals surface area contributed by atoms with E-state index in [1.165, 1.54) is 0 Å². The first-order valence-corrected chi connectivity index (χ1v) is 10.9. The molecule has 0 unspecified atom stereocenters. The molecule has 32 heavy (non-hydrogen) atoms. The van der Waals surface area contributed by atoms with E-state index in [-0.39, 0.29) is 18.4 Å². The van der Waals surface area contributed by atoms with Crippen molar-refractivity contribution in [1.82, 2.24) is 10.6 Å². The molecule has 0 saturated carbocycles. The third-order valence-electron chi connectivity index (χ3n) is 5.62. The summed E-state index contributed by atoms with van der Waals surface area (Å²) >= 11 is 0. The number of carbonyl (C=O) groups excluding carboxylic acids is 2. The summed E-state index contributed by atoms with van der Waals surface area (Å²) in [6.07, 6.45) is 0. The molecule has 1 heterocycles. The first-order valence-electron chi connectivity index (χ1n) is 10.9. The Kier molecular flexibility index (Phi) is 6.82. The average molecular weight is 429 g/mol. The molecular weight excluding hydrogens is 400 g/mol. The number of piperazine rings is 1. The minimum Gasteiger partial charge on any atom is -0.367 e. The van der Waals surface area contributed by atoms with E-state index in [0.29, 0.717) is 5.56 Å². The van der Waals surface area contributed by atoms with Gasteiger partial charge in [0.05, 0.1) is 23.6 Å². The van der Waals surface area contributed by atoms with Crippen LogP contribution in [0.2, 0.25) is 0 Å². The number of nitrogens with one attached hydrogen (secondary N) is 2. The van der Waals surface area contributed by atoms with Crippen LogP contribution in [0, 0.1) is 6.92 Å². The first kappa shape index (κ1) is 21.6. The summed E-state index contributed by atoms with van der Waals surface area (Å²) in [5.74, 6) is -0.453. The van der Waals surface area contributed by atoms with Crippen LogP contribution in [0.5, 0.6) is 0 Å². The standard InChI is InChI=1S/C26H28N4O2/c1-20-9-5-6-12-22(20)30(25(31)19-28-26(32)21-10-3-2-4-11-21)24-14-8-7-13-23(24)29-17-15-27-16-18-29/h2-14,27H,15-19H2,1H3,(H,28,32). The van der Waals surface area contributed by atoms with E-state index in [2.05, 4.69) is 21.6 Å². The van der Waals surface area contributed by atoms with E-state index in [4.69, 9.17) is 0 Å². The number of anilines is 3. The maximum atomic E-state index is 13.5. The van der Waals surface area contributed by atoms with E-state index in [1.54, 1.807) is 29.2 Å². The molecule has 4 rings (SSSR count). The SMILES string of the molecule is Cc1ccccc1N(C(=O)CNC(=O)c1ccccc1)c1ccccc1N1CCNCC1. The summed E-state index contributed by atoms with van der Waals surface area (Å²) in [6.45, 7) is 5.44. The van der Waals surface area contributed by atoms with E-state index in [9.17, 15) is 9.59 Å². The molecule has 0 radical (unpaired) electrons. The monoisotopic (exact) mass is 428 g/mol. The molecule has 0 atom stereocenters. The predicted molar refractivity (Wildman–Crippen MR) is 129 cm³/mol. The lowest BCUT2D eigenvalue weighted by Crippen LogP contribution is -2.44. The smallest absolute Gasteiger partial charge is 0.251 e. The van der Waals surface area contributed by atoms with Crippen molar-refractivity contribution in [3.63, 3.8) is 0 Å². The molecular formula is C26H28N4O2. The van der Waals surface area contributed by atoms with Crippen molar-refractivity contribution < 1.29 is 9.59 Å². The number of rotatable bonds is 6. The Hall–Kier alpha value is -3.64. The van der Waals surface area contributed by atoms with Crippen LogP contribution < -0.4 is 20.4 Å². The fourth-order valence-corrected chi connectivity index (χ4v) is 3.97. The highest BCUT2D eigenvalue weighted by molar-refractivity contribution is 6.07. The minimum absolute atomic E-state index is 0.0993. The van der Waals surface area contributed by atoms with E-state index < -0.39 is 0 Å². The van der Waals surface area contributed by atoms with Gasteiger partial charge >= 0.3 is 0 Å². The maximum absolute atomic E-state index is 13.5. The van der Waals surface area contributed by atoms with Crippen LogP contribution in [0.25, 0.3) is 0 Å². The van der Waals surface area contributed by atoms with Gasteiger partial charge in [0, 0.05) is 31.7 Å². The lowest BCUT2D eigenvalue weighted by atomic mass is 10.1. The Bertz CT molecular complexity index is 1080. The van der Waals surface area contributed by atoms with Gasteiger partial charge in [-0.15, -0.1) is 0 Å². The second-order valence-corrected chi connectivity index (χ2v) is 7.79. The molecule has 3 aromatic rings. The number of para-hydroxylation sites is 3. The van der Waals surface area contributed by atoms with Crippen LogP contribution in [0.3, 0.4) is 0 Å². The van der Waals surface area contributed by atoms with Crippen molar-refractivity contribution >= 4 is 28.9 Å². The Labute approximate surface area is 188 Å². The molecule has 1 saturated heterocycles. The van der Waals surface area contributed by atoms with Gasteiger partial charge in [-0.05, 0) is 42.8 Å². The molecule has 1 aliphatic heterocycles. The molecule has 6 nitrogen and oxygen atoms in total. The number of hydrogen-bond acceptors (Lipinski definition) is 4. The summed E-state index contributed by atoms with van der Waals surface area (Å²) in [5, 5.41) is 6.16. The van der Waals surface area contributed by atoms with E-state index in [0.717, 1.165) is 48.8 Å². The number of benzene rings is 3. The van der Waals surface area contributed by atoms with Crippen LogP contribution in [0.15, 0.2) is 78.9 Å². The Morgan fingerprint density at radius 1 is 0.875 bits per heavy atom. The van der Waals surface area contributed by atoms with Gasteiger partial charge in [0.1, 0.15) is 0 Å². The van der Waals surface area contributed by atoms with Gasteiger partial charge in [-0.2, -0.15) is 0 Å². The van der Waals surface area contributed by atoms with E-state index >= 15 is 0 Å². The molecule has 0 spiro atoms. The summed E-state index contributed by atoms with van der Waals surface area (Å²) in [4.78, 5) is 30.1. The maximum Gasteiger partial charge on any atom is 0.251 e. The Balaban J connectivity index is 1.65. The normalized spacial score (nSPS) is 13.5. The number of nitrogens with zero attached hydrogens (tertiary/aromatic N) is 2. The molecule has 2 amide bonds. The van der Waals surface area contributed by atoms with Gasteiger partial charge in [-0.25, -0.2) is 0 Å². The molecule has 3 aromatic carbocycles. The van der Waals surface area contributed by atoms with Crippen molar-refractivity contribution in [2.75, 3.05) is 42.5 Å². The Morgan fingerprint density at radius 2 is 1.50 bits per heavy atom. The lowest BCUT2D eigenvalue weighted by molar-refractivity contribution is -0.117. The highest BCUT2D eigenvalue weighted by Crippen LogP contribution is 2.36. The third-order valence-corrected chi connectivity index (χ3v) is 5.62. The second-order valence-electron chi connectivity index (χ2n) is 7.79. The topological polar surface area (TPSA) is 64.7 Å². The quantitative estimate of drug-likeness (QED) is 0.631. The Morgan fingerprint density at radius 3 is 2.22 bits per heavy atom. The van der Waals surface area contributed by atoms with Crippen LogP contribution in [-0.4, -0.2) is 44.5 Å². The van der Waals surface area contributed by atoms with Gasteiger partial charge in [-0.1, -0.05) is 48.5 Å². The molecule has 1 fully saturated rings. The van der Waals surface area contributed by atoms with Crippen LogP contribution >= 0.6 is 0 Å². The van der Waals surface area contributed by atoms with Crippen molar-refractivity contribution in [3.8, 4) is 0 Å². The fourth-order valence-electron chi connectivity index (χ4n) is 3.97. The zero-order chi connectivity index (χ0) is 22.3. The zero-order valence-corrected chi connectivity index (χ0v) is 18.3. The summed E-state index contributed by atoms with van der Waals surface area (Å²) in [7, 11) is 0. The predicted octanol–water partition coefficient (Wildman–Crippen LogP) is 3.50. The number of aryl methyl sites for hydroxylation is 1. The van der Waals surface area contributed by atoms with Crippen molar-refractivity contribution in [1.29, 1.82) is 0 Å². The number of amides is 2. The first-order chi connectivity index (χ1) is 15.6. The molecule has 164 valence electrons. The van der Waals surface area contributed by atoms with Gasteiger partial charge < -0.3 is 15.5 Å². The van der Waals surface area contributed by atoms with Gasteiger partial charge in [0.25, 0.3) is 11.8 Å². The van der Waals surface area contributed by atoms with Crippen LogP contribution in [0.4, 0.5) is 17.1 Å². The number of hydrogen-bond donors (Lipinski definition) is 2. The summed E-state index contributed by atoms with van der Waals surface area (Å²) < 4.78 is 0. The van der Waals surface area contributed by atoms with Crippen molar-refractivity contribution in [2.24, 2.45) is 0 Å². The molecule has 0 aromatic heterocycles. The molecule has 2 N–H and O–H groups in total. The van der Waals surface area contributed by atoms with Crippen LogP contribution in [0.1, 0.15) is 15.9 Å². The van der Waals surface area contributed by atoms with Gasteiger partial charge in [-0.3, -0.25) is 14.5 Å². The highest BCUT2D eigenvalue weighted by atomic mass is 16.2. The molecule has 6 heteroatoms. The van der Waals surface area contributed by atoms with Crippen molar-refractivity contribution in [2.45, 2.75) is 6.92 Å². The molecule has 0 aliphatic carbocycles. The fraction of sp³-hybridized carbons (Fsp3) is 0.231. The highest BCUT2D eigenvalue weighted by Gasteiger charge is 2.25. The second kappa shape index (κ2) is 10.1. The molecule has 0 bridgehead atoms. The minimum atomic E-state index is -0.265. The summed E-state index contributed by atoms with van der Waals surface area (Å²) in [6, 6.07) is 24.7.